The van der Waals surface area contributed by atoms with Crippen LogP contribution in [0.2, 0.25) is 0 Å². The van der Waals surface area contributed by atoms with E-state index >= 15 is 0 Å². The van der Waals surface area contributed by atoms with Crippen molar-refractivity contribution >= 4 is 47.0 Å². The molecule has 0 radical (unpaired) electrons. The van der Waals surface area contributed by atoms with Crippen molar-refractivity contribution in [2.75, 3.05) is 4.72 Å². The highest BCUT2D eigenvalue weighted by Gasteiger charge is 2.20. The van der Waals surface area contributed by atoms with Gasteiger partial charge in [0.15, 0.2) is 28.4 Å². The monoisotopic (exact) mass is 590 g/mol. The maximum absolute atomic E-state index is 14.2. The maximum atomic E-state index is 14.2. The lowest BCUT2D eigenvalue weighted by atomic mass is 10.1. The van der Waals surface area contributed by atoms with E-state index in [-0.39, 0.29) is 4.90 Å². The van der Waals surface area contributed by atoms with Crippen LogP contribution in [0.1, 0.15) is 13.8 Å². The zero-order valence-corrected chi connectivity index (χ0v) is 19.8. The summed E-state index contributed by atoms with van der Waals surface area (Å²) in [6, 6.07) is 6.59. The molecule has 1 aromatic heterocycles. The minimum atomic E-state index is -3.32. The Morgan fingerprint density at radius 1 is 1.10 bits per heavy atom. The van der Waals surface area contributed by atoms with Gasteiger partial charge >= 0.3 is 6.61 Å². The highest BCUT2D eigenvalue weighted by atomic mass is 127. The molecule has 1 unspecified atom stereocenters. The third kappa shape index (κ3) is 6.59. The molecule has 3 aromatic rings. The molecule has 1 N–H and O–H groups in total. The van der Waals surface area contributed by atoms with Gasteiger partial charge in [-0.3, -0.25) is 8.69 Å². The number of nitrogens with zero attached hydrogens (tertiary/aromatic N) is 1. The van der Waals surface area contributed by atoms with E-state index in [1.54, 1.807) is 16.2 Å². The van der Waals surface area contributed by atoms with Gasteiger partial charge in [-0.05, 0) is 17.7 Å². The van der Waals surface area contributed by atoms with Crippen LogP contribution in [0, 0.1) is 17.5 Å². The minimum absolute atomic E-state index is 0.187. The second-order valence-corrected chi connectivity index (χ2v) is 8.41. The lowest BCUT2D eigenvalue weighted by molar-refractivity contribution is -0.0523. The first-order valence-electron chi connectivity index (χ1n) is 8.67. The predicted octanol–water partition coefficient (Wildman–Crippen LogP) is 7.18. The summed E-state index contributed by atoms with van der Waals surface area (Å²) in [4.78, 5) is 0.187. The summed E-state index contributed by atoms with van der Waals surface area (Å²) in [6.45, 7) is 0.677. The number of alkyl halides is 2. The molecular formula is C19H16F5IN2O2S2. The average Bonchev–Trinajstić information content (AvgIpc) is 3.17. The van der Waals surface area contributed by atoms with Crippen LogP contribution in [-0.2, 0) is 11.0 Å². The van der Waals surface area contributed by atoms with Crippen molar-refractivity contribution in [3.63, 3.8) is 0 Å². The van der Waals surface area contributed by atoms with Gasteiger partial charge in [0, 0.05) is 60.4 Å². The van der Waals surface area contributed by atoms with Crippen molar-refractivity contribution in [3.05, 3.63) is 66.2 Å². The molecule has 1 atom stereocenters. The Labute approximate surface area is 194 Å². The Balaban J connectivity index is 0.00000166. The third-order valence-electron chi connectivity index (χ3n) is 3.62. The molecule has 0 aliphatic heterocycles. The fraction of sp³-hybridized carbons (Fsp3) is 0.158. The standard InChI is InChI=1S/C17H10F5IN2O2S2.C2H6/c18-10-3-1-2-9(4-10)11-7-25(28-23)8-16(11)29(26)24-14-5-13(20)15(6-12(14)19)27-17(21)22;1-2/h1-8,17,24H;1-2H3. The van der Waals surface area contributed by atoms with Gasteiger partial charge in [-0.1, -0.05) is 26.0 Å². The summed E-state index contributed by atoms with van der Waals surface area (Å²) in [6.07, 6.45) is 3.10. The second-order valence-electron chi connectivity index (χ2n) is 5.49. The summed E-state index contributed by atoms with van der Waals surface area (Å²) in [5.41, 5.74) is 0.340. The molecular weight excluding hydrogens is 574 g/mol. The van der Waals surface area contributed by atoms with Crippen molar-refractivity contribution in [1.82, 2.24) is 3.97 Å². The maximum Gasteiger partial charge on any atom is 0.387 e. The van der Waals surface area contributed by atoms with Crippen LogP contribution in [-0.4, -0.2) is 14.8 Å². The smallest absolute Gasteiger partial charge is 0.387 e. The first-order chi connectivity index (χ1) is 14.8. The van der Waals surface area contributed by atoms with Crippen molar-refractivity contribution in [2.24, 2.45) is 0 Å². The van der Waals surface area contributed by atoms with Crippen molar-refractivity contribution in [1.29, 1.82) is 0 Å². The van der Waals surface area contributed by atoms with Gasteiger partial charge in [-0.15, -0.1) is 0 Å². The summed E-state index contributed by atoms with van der Waals surface area (Å²) in [5, 5.41) is 0. The largest absolute Gasteiger partial charge is 0.432 e. The Kier molecular flexibility index (Phi) is 9.62. The van der Waals surface area contributed by atoms with Gasteiger partial charge in [-0.25, -0.2) is 17.4 Å². The number of halogens is 6. The average molecular weight is 590 g/mol. The molecule has 0 amide bonds. The van der Waals surface area contributed by atoms with Crippen LogP contribution in [0.3, 0.4) is 0 Å². The number of rotatable bonds is 7. The summed E-state index contributed by atoms with van der Waals surface area (Å²) in [7, 11) is -0.827. The molecule has 0 saturated heterocycles. The number of nitrogens with one attached hydrogen (secondary N) is 1. The highest BCUT2D eigenvalue weighted by molar-refractivity contribution is 14.2. The predicted molar refractivity (Wildman–Crippen MR) is 121 cm³/mol. The van der Waals surface area contributed by atoms with Gasteiger partial charge < -0.3 is 4.74 Å². The van der Waals surface area contributed by atoms with Crippen molar-refractivity contribution in [3.8, 4) is 16.9 Å². The summed E-state index contributed by atoms with van der Waals surface area (Å²) < 4.78 is 86.7. The minimum Gasteiger partial charge on any atom is -0.432 e. The topological polar surface area (TPSA) is 43.3 Å². The molecule has 1 heterocycles. The Morgan fingerprint density at radius 3 is 2.42 bits per heavy atom. The van der Waals surface area contributed by atoms with Crippen LogP contribution in [0.5, 0.6) is 5.75 Å². The van der Waals surface area contributed by atoms with Gasteiger partial charge in [-0.2, -0.15) is 8.78 Å². The first kappa shape index (κ1) is 25.5. The molecule has 168 valence electrons. The van der Waals surface area contributed by atoms with E-state index in [1.165, 1.54) is 33.5 Å². The molecule has 3 rings (SSSR count). The fourth-order valence-electron chi connectivity index (χ4n) is 2.42. The normalized spacial score (nSPS) is 11.6. The van der Waals surface area contributed by atoms with Crippen LogP contribution in [0.15, 0.2) is 53.7 Å². The Bertz CT molecular complexity index is 1070. The zero-order valence-electron chi connectivity index (χ0n) is 16.0. The van der Waals surface area contributed by atoms with E-state index in [4.69, 9.17) is 0 Å². The molecule has 12 heteroatoms. The summed E-state index contributed by atoms with van der Waals surface area (Å²) in [5.74, 6) is -3.85. The molecule has 0 aliphatic rings. The zero-order chi connectivity index (χ0) is 23.1. The first-order valence-corrected chi connectivity index (χ1v) is 13.1. The molecule has 4 nitrogen and oxygen atoms in total. The number of hydrogen-bond donors (Lipinski definition) is 1. The van der Waals surface area contributed by atoms with Crippen LogP contribution in [0.25, 0.3) is 11.1 Å². The van der Waals surface area contributed by atoms with Crippen molar-refractivity contribution in [2.45, 2.75) is 25.4 Å². The van der Waals surface area contributed by atoms with E-state index in [9.17, 15) is 26.2 Å². The van der Waals surface area contributed by atoms with E-state index in [1.807, 2.05) is 35.1 Å². The van der Waals surface area contributed by atoms with Crippen LogP contribution >= 0.6 is 30.3 Å². The highest BCUT2D eigenvalue weighted by Crippen LogP contribution is 2.33. The second kappa shape index (κ2) is 11.7. The van der Waals surface area contributed by atoms with Gasteiger partial charge in [0.05, 0.1) is 10.6 Å². The van der Waals surface area contributed by atoms with E-state index in [0.29, 0.717) is 23.3 Å². The number of aromatic nitrogens is 1. The van der Waals surface area contributed by atoms with Gasteiger partial charge in [0.1, 0.15) is 5.82 Å². The number of benzene rings is 2. The SMILES string of the molecule is CC.O=S(Nc1cc(F)c(OC(F)F)cc1F)c1cn(SI)cc1-c1cccc(F)c1. The lowest BCUT2D eigenvalue weighted by Crippen LogP contribution is -2.09. The van der Waals surface area contributed by atoms with E-state index < -0.39 is 46.5 Å². The molecule has 2 aromatic carbocycles. The molecule has 0 fully saturated rings. The third-order valence-corrected chi connectivity index (χ3v) is 6.49. The van der Waals surface area contributed by atoms with Crippen molar-refractivity contribution < 1.29 is 30.9 Å². The molecule has 0 spiro atoms. The molecule has 31 heavy (non-hydrogen) atoms. The Hall–Kier alpha value is -1.80. The number of ether oxygens (including phenoxy) is 1. The molecule has 0 bridgehead atoms. The van der Waals surface area contributed by atoms with Crippen LogP contribution < -0.4 is 9.46 Å². The van der Waals surface area contributed by atoms with E-state index in [0.717, 1.165) is 0 Å². The molecule has 0 aliphatic carbocycles. The van der Waals surface area contributed by atoms with Gasteiger partial charge in [0.25, 0.3) is 0 Å². The molecule has 0 saturated carbocycles. The van der Waals surface area contributed by atoms with E-state index in [2.05, 4.69) is 9.46 Å². The quantitative estimate of drug-likeness (QED) is 0.234. The fourth-order valence-corrected chi connectivity index (χ4v) is 4.51. The van der Waals surface area contributed by atoms with Gasteiger partial charge in [0.2, 0.25) is 0 Å². The Morgan fingerprint density at radius 2 is 1.81 bits per heavy atom. The number of hydrogen-bond acceptors (Lipinski definition) is 3. The van der Waals surface area contributed by atoms with Crippen LogP contribution in [0.4, 0.5) is 27.6 Å². The lowest BCUT2D eigenvalue weighted by Gasteiger charge is -2.11. The number of anilines is 1. The summed E-state index contributed by atoms with van der Waals surface area (Å²) >= 11 is 1.98.